The molecule has 3 atom stereocenters. The summed E-state index contributed by atoms with van der Waals surface area (Å²) in [5.74, 6) is -0.352. The summed E-state index contributed by atoms with van der Waals surface area (Å²) < 4.78 is 5.25. The van der Waals surface area contributed by atoms with Crippen LogP contribution < -0.4 is 21.3 Å². The monoisotopic (exact) mass is 800 g/mol. The number of unbranched alkanes of at least 4 members (excludes halogenated alkanes) is 2. The van der Waals surface area contributed by atoms with E-state index in [2.05, 4.69) is 21.3 Å². The maximum atomic E-state index is 14.4. The van der Waals surface area contributed by atoms with Crippen LogP contribution in [0.4, 0.5) is 9.59 Å². The smallest absolute Gasteiger partial charge is 0.407 e. The highest BCUT2D eigenvalue weighted by Crippen LogP contribution is 2.35. The SMILES string of the molecule is CCNC(=O)[C@]1(Cc2ccccc2)CCCN(C(=O)C(Cc2ccc(Cl)c(Cl)c2)NC(=O)NC2CCCN(C(=O)CCCCCNC(=O)OC(C)(C)C)C2)C1. The number of urea groups is 1. The second-order valence-electron chi connectivity index (χ2n) is 15.7. The molecule has 0 spiro atoms. The lowest BCUT2D eigenvalue weighted by Gasteiger charge is -2.43. The number of benzene rings is 2. The second kappa shape index (κ2) is 20.8. The van der Waals surface area contributed by atoms with Crippen molar-refractivity contribution in [2.45, 2.75) is 110 Å². The third-order valence-corrected chi connectivity index (χ3v) is 10.7. The Morgan fingerprint density at radius 2 is 1.65 bits per heavy atom. The van der Waals surface area contributed by atoms with E-state index in [0.717, 1.165) is 30.4 Å². The van der Waals surface area contributed by atoms with E-state index in [1.807, 2.05) is 58.0 Å². The van der Waals surface area contributed by atoms with Crippen molar-refractivity contribution in [3.63, 3.8) is 0 Å². The molecule has 0 aromatic heterocycles. The zero-order chi connectivity index (χ0) is 40.0. The van der Waals surface area contributed by atoms with E-state index in [-0.39, 0.29) is 36.7 Å². The molecule has 2 heterocycles. The molecule has 2 saturated heterocycles. The van der Waals surface area contributed by atoms with Crippen molar-refractivity contribution in [2.24, 2.45) is 5.41 Å². The molecular formula is C41H58Cl2N6O6. The van der Waals surface area contributed by atoms with Crippen LogP contribution in [0, 0.1) is 5.41 Å². The molecule has 2 aliphatic heterocycles. The van der Waals surface area contributed by atoms with Gasteiger partial charge in [-0.3, -0.25) is 14.4 Å². The van der Waals surface area contributed by atoms with Crippen molar-refractivity contribution >= 4 is 53.0 Å². The van der Waals surface area contributed by atoms with Gasteiger partial charge in [0, 0.05) is 58.2 Å². The number of hydrogen-bond donors (Lipinski definition) is 4. The number of carbonyl (C=O) groups excluding carboxylic acids is 5. The molecule has 2 aromatic carbocycles. The van der Waals surface area contributed by atoms with Crippen LogP contribution in [0.1, 0.15) is 90.2 Å². The van der Waals surface area contributed by atoms with E-state index in [1.54, 1.807) is 28.0 Å². The second-order valence-corrected chi connectivity index (χ2v) is 16.5. The fourth-order valence-electron chi connectivity index (χ4n) is 7.33. The lowest BCUT2D eigenvalue weighted by atomic mass is 9.74. The highest BCUT2D eigenvalue weighted by atomic mass is 35.5. The molecule has 0 saturated carbocycles. The van der Waals surface area contributed by atoms with Gasteiger partial charge < -0.3 is 35.8 Å². The van der Waals surface area contributed by atoms with Crippen LogP contribution in [0.5, 0.6) is 0 Å². The summed E-state index contributed by atoms with van der Waals surface area (Å²) in [6, 6.07) is 13.2. The van der Waals surface area contributed by atoms with E-state index in [1.165, 1.54) is 0 Å². The lowest BCUT2D eigenvalue weighted by Crippen LogP contribution is -2.60. The highest BCUT2D eigenvalue weighted by Gasteiger charge is 2.44. The number of rotatable bonds is 15. The van der Waals surface area contributed by atoms with Crippen molar-refractivity contribution < 1.29 is 28.7 Å². The maximum absolute atomic E-state index is 14.4. The van der Waals surface area contributed by atoms with Crippen LogP contribution in [-0.2, 0) is 32.0 Å². The van der Waals surface area contributed by atoms with E-state index in [4.69, 9.17) is 27.9 Å². The minimum absolute atomic E-state index is 0.0240. The molecule has 2 unspecified atom stereocenters. The summed E-state index contributed by atoms with van der Waals surface area (Å²) in [4.78, 5) is 70.1. The molecule has 4 rings (SSSR count). The average Bonchev–Trinajstić information content (AvgIpc) is 3.14. The van der Waals surface area contributed by atoms with Crippen molar-refractivity contribution in [3.8, 4) is 0 Å². The quantitative estimate of drug-likeness (QED) is 0.156. The Morgan fingerprint density at radius 1 is 0.909 bits per heavy atom. The van der Waals surface area contributed by atoms with Gasteiger partial charge >= 0.3 is 12.1 Å². The number of carbonyl (C=O) groups is 5. The first-order valence-corrected chi connectivity index (χ1v) is 20.3. The first kappa shape index (κ1) is 43.7. The van der Waals surface area contributed by atoms with E-state index < -0.39 is 29.2 Å². The van der Waals surface area contributed by atoms with Crippen LogP contribution in [0.3, 0.4) is 0 Å². The van der Waals surface area contributed by atoms with Crippen molar-refractivity contribution in [1.82, 2.24) is 31.1 Å². The summed E-state index contributed by atoms with van der Waals surface area (Å²) in [5, 5.41) is 12.4. The number of hydrogen-bond acceptors (Lipinski definition) is 6. The minimum Gasteiger partial charge on any atom is -0.444 e. The number of ether oxygens (including phenoxy) is 1. The highest BCUT2D eigenvalue weighted by molar-refractivity contribution is 6.42. The number of likely N-dealkylation sites (tertiary alicyclic amines) is 2. The Kier molecular flexibility index (Phi) is 16.5. The predicted octanol–water partition coefficient (Wildman–Crippen LogP) is 6.27. The van der Waals surface area contributed by atoms with Gasteiger partial charge in [0.1, 0.15) is 11.6 Å². The summed E-state index contributed by atoms with van der Waals surface area (Å²) in [6.45, 7) is 9.93. The van der Waals surface area contributed by atoms with Crippen LogP contribution in [-0.4, -0.2) is 96.6 Å². The molecule has 2 fully saturated rings. The summed E-state index contributed by atoms with van der Waals surface area (Å²) in [5.41, 5.74) is 0.360. The largest absolute Gasteiger partial charge is 0.444 e. The topological polar surface area (TPSA) is 149 Å². The third-order valence-electron chi connectivity index (χ3n) is 9.97. The molecule has 2 aliphatic rings. The van der Waals surface area contributed by atoms with Gasteiger partial charge in [0.2, 0.25) is 17.7 Å². The van der Waals surface area contributed by atoms with Crippen molar-refractivity contribution in [2.75, 3.05) is 39.3 Å². The van der Waals surface area contributed by atoms with E-state index >= 15 is 0 Å². The van der Waals surface area contributed by atoms with Gasteiger partial charge in [-0.25, -0.2) is 9.59 Å². The van der Waals surface area contributed by atoms with Crippen LogP contribution in [0.25, 0.3) is 0 Å². The number of nitrogens with zero attached hydrogens (tertiary/aromatic N) is 2. The maximum Gasteiger partial charge on any atom is 0.407 e. The molecule has 0 radical (unpaired) electrons. The first-order chi connectivity index (χ1) is 26.2. The Hall–Kier alpha value is -4.03. The van der Waals surface area contributed by atoms with Gasteiger partial charge in [-0.15, -0.1) is 0 Å². The molecule has 4 N–H and O–H groups in total. The predicted molar refractivity (Wildman–Crippen MR) is 215 cm³/mol. The first-order valence-electron chi connectivity index (χ1n) is 19.5. The normalized spacial score (nSPS) is 19.2. The number of amides is 6. The fourth-order valence-corrected chi connectivity index (χ4v) is 7.66. The van der Waals surface area contributed by atoms with Crippen LogP contribution >= 0.6 is 23.2 Å². The van der Waals surface area contributed by atoms with Gasteiger partial charge in [-0.05, 0) is 95.9 Å². The van der Waals surface area contributed by atoms with Gasteiger partial charge in [0.15, 0.2) is 0 Å². The lowest BCUT2D eigenvalue weighted by molar-refractivity contribution is -0.142. The van der Waals surface area contributed by atoms with Crippen molar-refractivity contribution in [1.29, 1.82) is 0 Å². The standard InChI is InChI=1S/C41H58Cl2N6O6/c1-5-44-37(52)41(26-29-14-8-6-9-15-29)20-13-23-49(28-41)36(51)34(25-30-18-19-32(42)33(43)24-30)47-38(53)46-31-16-12-22-48(27-31)35(50)17-10-7-11-21-45-39(54)55-40(2,3)4/h6,8-9,14-15,18-19,24,31,34H,5,7,10-13,16-17,20-23,25-28H2,1-4H3,(H,44,52)(H,45,54)(H2,46,47,53)/t31?,34?,41-/m0/s1. The molecule has 6 amide bonds. The molecule has 55 heavy (non-hydrogen) atoms. The van der Waals surface area contributed by atoms with Gasteiger partial charge in [-0.1, -0.05) is 66.0 Å². The zero-order valence-corrected chi connectivity index (χ0v) is 34.2. The van der Waals surface area contributed by atoms with Gasteiger partial charge in [-0.2, -0.15) is 0 Å². The van der Waals surface area contributed by atoms with E-state index in [0.29, 0.717) is 81.3 Å². The summed E-state index contributed by atoms with van der Waals surface area (Å²) in [6.07, 6.45) is 5.47. The third kappa shape index (κ3) is 13.9. The average molecular weight is 802 g/mol. The van der Waals surface area contributed by atoms with Gasteiger partial charge in [0.25, 0.3) is 0 Å². The van der Waals surface area contributed by atoms with Crippen molar-refractivity contribution in [3.05, 3.63) is 69.7 Å². The number of halogens is 2. The Labute approximate surface area is 335 Å². The molecule has 0 bridgehead atoms. The fraction of sp³-hybridized carbons (Fsp3) is 0.585. The molecular weight excluding hydrogens is 743 g/mol. The summed E-state index contributed by atoms with van der Waals surface area (Å²) in [7, 11) is 0. The number of nitrogens with one attached hydrogen (secondary N) is 4. The minimum atomic E-state index is -0.954. The molecule has 12 nitrogen and oxygen atoms in total. The Balaban J connectivity index is 1.37. The summed E-state index contributed by atoms with van der Waals surface area (Å²) >= 11 is 12.5. The Bertz CT molecular complexity index is 1620. The van der Waals surface area contributed by atoms with Crippen LogP contribution in [0.15, 0.2) is 48.5 Å². The molecule has 0 aliphatic carbocycles. The Morgan fingerprint density at radius 3 is 2.36 bits per heavy atom. The number of alkyl carbamates (subject to hydrolysis) is 1. The molecule has 14 heteroatoms. The zero-order valence-electron chi connectivity index (χ0n) is 32.7. The van der Waals surface area contributed by atoms with Crippen LogP contribution in [0.2, 0.25) is 10.0 Å². The van der Waals surface area contributed by atoms with E-state index in [9.17, 15) is 24.0 Å². The molecule has 2 aromatic rings. The molecule has 302 valence electrons. The number of piperidine rings is 2. The van der Waals surface area contributed by atoms with Gasteiger partial charge in [0.05, 0.1) is 15.5 Å².